The molecular weight excluding hydrogens is 250 g/mol. The smallest absolute Gasteiger partial charge is 0.259 e. The van der Waals surface area contributed by atoms with Crippen LogP contribution in [0.15, 0.2) is 42.6 Å². The molecule has 20 heavy (non-hydrogen) atoms. The molecule has 0 aliphatic carbocycles. The van der Waals surface area contributed by atoms with E-state index in [4.69, 9.17) is 0 Å². The fourth-order valence-electron chi connectivity index (χ4n) is 1.96. The predicted molar refractivity (Wildman–Crippen MR) is 82.2 cm³/mol. The Morgan fingerprint density at radius 1 is 1.20 bits per heavy atom. The normalized spacial score (nSPS) is 10.1. The van der Waals surface area contributed by atoms with Crippen LogP contribution in [0.25, 0.3) is 0 Å². The number of aryl methyl sites for hydroxylation is 1. The van der Waals surface area contributed by atoms with Gasteiger partial charge in [0.05, 0.1) is 5.56 Å². The lowest BCUT2D eigenvalue weighted by molar-refractivity contribution is 0.102. The van der Waals surface area contributed by atoms with Crippen LogP contribution in [-0.2, 0) is 6.42 Å². The molecule has 1 amide bonds. The predicted octanol–water partition coefficient (Wildman–Crippen LogP) is 3.33. The Morgan fingerprint density at radius 3 is 2.80 bits per heavy atom. The summed E-state index contributed by atoms with van der Waals surface area (Å²) in [6.45, 7) is 4.79. The second-order valence-electron chi connectivity index (χ2n) is 4.44. The van der Waals surface area contributed by atoms with Gasteiger partial charge in [0, 0.05) is 18.4 Å². The van der Waals surface area contributed by atoms with Gasteiger partial charge in [0.25, 0.3) is 5.91 Å². The Balaban J connectivity index is 2.19. The van der Waals surface area contributed by atoms with E-state index in [0.29, 0.717) is 11.4 Å². The van der Waals surface area contributed by atoms with E-state index in [2.05, 4.69) is 22.5 Å². The molecule has 1 aromatic carbocycles. The van der Waals surface area contributed by atoms with Crippen molar-refractivity contribution in [2.24, 2.45) is 0 Å². The maximum atomic E-state index is 12.3. The lowest BCUT2D eigenvalue weighted by Gasteiger charge is -2.10. The fraction of sp³-hybridized carbons (Fsp3) is 0.250. The van der Waals surface area contributed by atoms with Crippen LogP contribution < -0.4 is 10.6 Å². The van der Waals surface area contributed by atoms with Gasteiger partial charge in [0.1, 0.15) is 5.82 Å². The molecule has 1 heterocycles. The first-order chi connectivity index (χ1) is 9.74. The van der Waals surface area contributed by atoms with E-state index in [-0.39, 0.29) is 5.91 Å². The molecule has 0 saturated carbocycles. The Labute approximate surface area is 119 Å². The minimum atomic E-state index is -0.151. The van der Waals surface area contributed by atoms with Crippen molar-refractivity contribution in [3.05, 3.63) is 53.7 Å². The molecule has 0 bridgehead atoms. The van der Waals surface area contributed by atoms with Crippen LogP contribution in [0.2, 0.25) is 0 Å². The zero-order chi connectivity index (χ0) is 14.4. The topological polar surface area (TPSA) is 54.0 Å². The minimum absolute atomic E-state index is 0.151. The number of hydrogen-bond donors (Lipinski definition) is 2. The molecule has 0 aliphatic heterocycles. The van der Waals surface area contributed by atoms with Gasteiger partial charge >= 0.3 is 0 Å². The summed E-state index contributed by atoms with van der Waals surface area (Å²) in [6, 6.07) is 11.4. The third-order valence-electron chi connectivity index (χ3n) is 2.99. The molecule has 0 saturated heterocycles. The average molecular weight is 269 g/mol. The van der Waals surface area contributed by atoms with Crippen molar-refractivity contribution in [2.45, 2.75) is 20.3 Å². The molecule has 2 rings (SSSR count). The van der Waals surface area contributed by atoms with E-state index in [9.17, 15) is 4.79 Å². The monoisotopic (exact) mass is 269 g/mol. The molecular formula is C16H19N3O. The summed E-state index contributed by atoms with van der Waals surface area (Å²) >= 11 is 0. The Morgan fingerprint density at radius 2 is 2.05 bits per heavy atom. The quantitative estimate of drug-likeness (QED) is 0.875. The minimum Gasteiger partial charge on any atom is -0.370 e. The number of aromatic nitrogens is 1. The van der Waals surface area contributed by atoms with Crippen molar-refractivity contribution >= 4 is 17.4 Å². The number of nitrogens with zero attached hydrogens (tertiary/aromatic N) is 1. The highest BCUT2D eigenvalue weighted by Crippen LogP contribution is 2.16. The van der Waals surface area contributed by atoms with Crippen molar-refractivity contribution in [2.75, 3.05) is 17.2 Å². The van der Waals surface area contributed by atoms with Crippen LogP contribution >= 0.6 is 0 Å². The molecule has 4 heteroatoms. The summed E-state index contributed by atoms with van der Waals surface area (Å²) < 4.78 is 0. The second kappa shape index (κ2) is 6.70. The molecule has 4 nitrogen and oxygen atoms in total. The Hall–Kier alpha value is -2.36. The number of hydrogen-bond acceptors (Lipinski definition) is 3. The summed E-state index contributed by atoms with van der Waals surface area (Å²) in [4.78, 5) is 16.5. The molecule has 1 aromatic heterocycles. The SMILES string of the molecule is CCNc1ncccc1C(=O)Nc1cccc(CC)c1. The average Bonchev–Trinajstić information content (AvgIpc) is 2.48. The summed E-state index contributed by atoms with van der Waals surface area (Å²) in [5.74, 6) is 0.460. The molecule has 2 aromatic rings. The van der Waals surface area contributed by atoms with Crippen LogP contribution in [-0.4, -0.2) is 17.4 Å². The van der Waals surface area contributed by atoms with E-state index < -0.39 is 0 Å². The molecule has 0 unspecified atom stereocenters. The number of benzene rings is 1. The van der Waals surface area contributed by atoms with E-state index in [1.807, 2.05) is 31.2 Å². The van der Waals surface area contributed by atoms with Gasteiger partial charge in [-0.05, 0) is 43.2 Å². The van der Waals surface area contributed by atoms with Crippen LogP contribution in [0.1, 0.15) is 29.8 Å². The molecule has 0 radical (unpaired) electrons. The van der Waals surface area contributed by atoms with Gasteiger partial charge in [0.2, 0.25) is 0 Å². The molecule has 0 spiro atoms. The number of nitrogens with one attached hydrogen (secondary N) is 2. The van der Waals surface area contributed by atoms with Gasteiger partial charge in [0.15, 0.2) is 0 Å². The molecule has 0 aliphatic rings. The number of amides is 1. The molecule has 2 N–H and O–H groups in total. The van der Waals surface area contributed by atoms with Gasteiger partial charge in [-0.1, -0.05) is 19.1 Å². The van der Waals surface area contributed by atoms with Crippen molar-refractivity contribution < 1.29 is 4.79 Å². The highest BCUT2D eigenvalue weighted by molar-refractivity contribution is 6.07. The third-order valence-corrected chi connectivity index (χ3v) is 2.99. The van der Waals surface area contributed by atoms with E-state index >= 15 is 0 Å². The highest BCUT2D eigenvalue weighted by Gasteiger charge is 2.11. The summed E-state index contributed by atoms with van der Waals surface area (Å²) in [5.41, 5.74) is 2.55. The van der Waals surface area contributed by atoms with Crippen LogP contribution in [0.3, 0.4) is 0 Å². The number of carbonyl (C=O) groups excluding carboxylic acids is 1. The number of rotatable bonds is 5. The van der Waals surface area contributed by atoms with Crippen molar-refractivity contribution in [3.8, 4) is 0 Å². The number of pyridine rings is 1. The Bertz CT molecular complexity index is 596. The first-order valence-electron chi connectivity index (χ1n) is 6.83. The first-order valence-corrected chi connectivity index (χ1v) is 6.83. The number of carbonyl (C=O) groups is 1. The van der Waals surface area contributed by atoms with E-state index in [1.165, 1.54) is 5.56 Å². The number of anilines is 2. The summed E-state index contributed by atoms with van der Waals surface area (Å²) in [5, 5.41) is 6.01. The molecule has 0 atom stereocenters. The van der Waals surface area contributed by atoms with Crippen molar-refractivity contribution in [1.29, 1.82) is 0 Å². The van der Waals surface area contributed by atoms with E-state index in [1.54, 1.807) is 18.3 Å². The highest BCUT2D eigenvalue weighted by atomic mass is 16.1. The third kappa shape index (κ3) is 3.35. The van der Waals surface area contributed by atoms with Crippen molar-refractivity contribution in [3.63, 3.8) is 0 Å². The summed E-state index contributed by atoms with van der Waals surface area (Å²) in [6.07, 6.45) is 2.62. The summed E-state index contributed by atoms with van der Waals surface area (Å²) in [7, 11) is 0. The first kappa shape index (κ1) is 14.1. The van der Waals surface area contributed by atoms with Crippen molar-refractivity contribution in [1.82, 2.24) is 4.98 Å². The fourth-order valence-corrected chi connectivity index (χ4v) is 1.96. The van der Waals surface area contributed by atoms with Gasteiger partial charge in [-0.2, -0.15) is 0 Å². The Kier molecular flexibility index (Phi) is 4.71. The van der Waals surface area contributed by atoms with Crippen LogP contribution in [0.4, 0.5) is 11.5 Å². The van der Waals surface area contributed by atoms with Gasteiger partial charge in [-0.15, -0.1) is 0 Å². The molecule has 0 fully saturated rings. The van der Waals surface area contributed by atoms with Crippen LogP contribution in [0.5, 0.6) is 0 Å². The van der Waals surface area contributed by atoms with Crippen LogP contribution in [0, 0.1) is 0 Å². The standard InChI is InChI=1S/C16H19N3O/c1-3-12-7-5-8-13(11-12)19-16(20)14-9-6-10-18-15(14)17-4-2/h5-11H,3-4H2,1-2H3,(H,17,18)(H,19,20). The van der Waals surface area contributed by atoms with E-state index in [0.717, 1.165) is 18.7 Å². The maximum absolute atomic E-state index is 12.3. The lowest BCUT2D eigenvalue weighted by Crippen LogP contribution is -2.15. The largest absolute Gasteiger partial charge is 0.370 e. The zero-order valence-corrected chi connectivity index (χ0v) is 11.8. The second-order valence-corrected chi connectivity index (χ2v) is 4.44. The zero-order valence-electron chi connectivity index (χ0n) is 11.8. The lowest BCUT2D eigenvalue weighted by atomic mass is 10.1. The molecule has 104 valence electrons. The maximum Gasteiger partial charge on any atom is 0.259 e. The van der Waals surface area contributed by atoms with Gasteiger partial charge < -0.3 is 10.6 Å². The van der Waals surface area contributed by atoms with Gasteiger partial charge in [-0.25, -0.2) is 4.98 Å². The van der Waals surface area contributed by atoms with Gasteiger partial charge in [-0.3, -0.25) is 4.79 Å².